The molecule has 0 bridgehead atoms. The molecule has 1 aromatic carbocycles. The van der Waals surface area contributed by atoms with Gasteiger partial charge in [0.1, 0.15) is 0 Å². The highest BCUT2D eigenvalue weighted by Gasteiger charge is 2.19. The molecule has 0 spiro atoms. The summed E-state index contributed by atoms with van der Waals surface area (Å²) in [6.45, 7) is 5.66. The number of hydrogen-bond acceptors (Lipinski definition) is 5. The van der Waals surface area contributed by atoms with Crippen LogP contribution in [0, 0.1) is 0 Å². The molecule has 0 aromatic heterocycles. The molecule has 1 aromatic rings. The van der Waals surface area contributed by atoms with Gasteiger partial charge in [0.05, 0.1) is 24.0 Å². The Morgan fingerprint density at radius 2 is 2.14 bits per heavy atom. The van der Waals surface area contributed by atoms with Crippen LogP contribution in [0.15, 0.2) is 18.2 Å². The molecular formula is C16H25N3O2. The van der Waals surface area contributed by atoms with Crippen molar-refractivity contribution in [3.05, 3.63) is 23.8 Å². The van der Waals surface area contributed by atoms with E-state index in [1.54, 1.807) is 12.1 Å². The topological polar surface area (TPSA) is 67.6 Å². The maximum atomic E-state index is 11.5. The Kier molecular flexibility index (Phi) is 5.44. The summed E-state index contributed by atoms with van der Waals surface area (Å²) in [7, 11) is 1.37. The third-order valence-electron chi connectivity index (χ3n) is 3.96. The number of ether oxygens (including phenoxy) is 1. The molecule has 0 aliphatic carbocycles. The Balaban J connectivity index is 1.93. The number of esters is 1. The summed E-state index contributed by atoms with van der Waals surface area (Å²) >= 11 is 0. The molecule has 116 valence electrons. The number of rotatable bonds is 5. The number of benzene rings is 1. The number of carbonyl (C=O) groups excluding carboxylic acids is 1. The molecule has 0 saturated carbocycles. The SMILES string of the molecule is CCCN1CCC(Nc2ccc(C(=O)OC)cc2N)CC1. The summed E-state index contributed by atoms with van der Waals surface area (Å²) < 4.78 is 4.70. The number of likely N-dealkylation sites (tertiary alicyclic amines) is 1. The molecule has 0 radical (unpaired) electrons. The van der Waals surface area contributed by atoms with Crippen molar-refractivity contribution in [2.24, 2.45) is 0 Å². The van der Waals surface area contributed by atoms with Crippen molar-refractivity contribution in [3.63, 3.8) is 0 Å². The average molecular weight is 291 g/mol. The van der Waals surface area contributed by atoms with Gasteiger partial charge >= 0.3 is 5.97 Å². The van der Waals surface area contributed by atoms with Gasteiger partial charge in [-0.3, -0.25) is 0 Å². The fraction of sp³-hybridized carbons (Fsp3) is 0.562. The number of nitrogens with zero attached hydrogens (tertiary/aromatic N) is 1. The molecule has 1 aliphatic rings. The lowest BCUT2D eigenvalue weighted by Crippen LogP contribution is -2.39. The molecule has 5 nitrogen and oxygen atoms in total. The van der Waals surface area contributed by atoms with E-state index in [0.29, 0.717) is 17.3 Å². The van der Waals surface area contributed by atoms with E-state index < -0.39 is 0 Å². The molecule has 3 N–H and O–H groups in total. The second-order valence-corrected chi connectivity index (χ2v) is 5.55. The van der Waals surface area contributed by atoms with Crippen molar-refractivity contribution in [1.29, 1.82) is 0 Å². The number of nitrogens with two attached hydrogens (primary N) is 1. The Hall–Kier alpha value is -1.75. The number of nitrogens with one attached hydrogen (secondary N) is 1. The van der Waals surface area contributed by atoms with E-state index in [4.69, 9.17) is 10.5 Å². The van der Waals surface area contributed by atoms with Gasteiger partial charge in [-0.25, -0.2) is 4.79 Å². The van der Waals surface area contributed by atoms with Crippen LogP contribution in [0.5, 0.6) is 0 Å². The van der Waals surface area contributed by atoms with Crippen LogP contribution in [-0.4, -0.2) is 43.7 Å². The average Bonchev–Trinajstić information content (AvgIpc) is 2.50. The highest BCUT2D eigenvalue weighted by Crippen LogP contribution is 2.24. The predicted octanol–water partition coefficient (Wildman–Crippen LogP) is 2.34. The van der Waals surface area contributed by atoms with Crippen molar-refractivity contribution in [3.8, 4) is 0 Å². The summed E-state index contributed by atoms with van der Waals surface area (Å²) in [6.07, 6.45) is 3.45. The first-order valence-corrected chi connectivity index (χ1v) is 7.60. The predicted molar refractivity (Wildman–Crippen MR) is 85.6 cm³/mol. The van der Waals surface area contributed by atoms with Gasteiger partial charge in [-0.2, -0.15) is 0 Å². The molecule has 1 aliphatic heterocycles. The first-order valence-electron chi connectivity index (χ1n) is 7.60. The van der Waals surface area contributed by atoms with Gasteiger partial charge in [0.25, 0.3) is 0 Å². The zero-order valence-electron chi connectivity index (χ0n) is 12.9. The van der Waals surface area contributed by atoms with Crippen molar-refractivity contribution in [1.82, 2.24) is 4.90 Å². The Bertz CT molecular complexity index is 482. The van der Waals surface area contributed by atoms with E-state index in [0.717, 1.165) is 31.6 Å². The molecule has 0 atom stereocenters. The second-order valence-electron chi connectivity index (χ2n) is 5.55. The van der Waals surface area contributed by atoms with Crippen molar-refractivity contribution in [2.45, 2.75) is 32.2 Å². The molecule has 5 heteroatoms. The molecular weight excluding hydrogens is 266 g/mol. The van der Waals surface area contributed by atoms with Gasteiger partial charge in [-0.1, -0.05) is 6.92 Å². The van der Waals surface area contributed by atoms with Crippen LogP contribution >= 0.6 is 0 Å². The first-order chi connectivity index (χ1) is 10.1. The smallest absolute Gasteiger partial charge is 0.337 e. The van der Waals surface area contributed by atoms with Gasteiger partial charge < -0.3 is 20.7 Å². The van der Waals surface area contributed by atoms with Gasteiger partial charge in [0.2, 0.25) is 0 Å². The molecule has 1 saturated heterocycles. The number of methoxy groups -OCH3 is 1. The maximum absolute atomic E-state index is 11.5. The van der Waals surface area contributed by atoms with Crippen LogP contribution in [0.4, 0.5) is 11.4 Å². The second kappa shape index (κ2) is 7.31. The summed E-state index contributed by atoms with van der Waals surface area (Å²) in [4.78, 5) is 14.0. The third-order valence-corrected chi connectivity index (χ3v) is 3.96. The molecule has 1 fully saturated rings. The minimum atomic E-state index is -0.360. The van der Waals surface area contributed by atoms with Crippen LogP contribution in [-0.2, 0) is 4.74 Å². The van der Waals surface area contributed by atoms with Gasteiger partial charge in [-0.15, -0.1) is 0 Å². The van der Waals surface area contributed by atoms with E-state index in [1.165, 1.54) is 20.1 Å². The minimum Gasteiger partial charge on any atom is -0.465 e. The lowest BCUT2D eigenvalue weighted by atomic mass is 10.0. The monoisotopic (exact) mass is 291 g/mol. The fourth-order valence-corrected chi connectivity index (χ4v) is 2.78. The van der Waals surface area contributed by atoms with Crippen LogP contribution < -0.4 is 11.1 Å². The van der Waals surface area contributed by atoms with Crippen LogP contribution in [0.3, 0.4) is 0 Å². The fourth-order valence-electron chi connectivity index (χ4n) is 2.78. The number of hydrogen-bond donors (Lipinski definition) is 2. The lowest BCUT2D eigenvalue weighted by Gasteiger charge is -2.32. The molecule has 1 heterocycles. The number of piperidine rings is 1. The van der Waals surface area contributed by atoms with E-state index >= 15 is 0 Å². The van der Waals surface area contributed by atoms with E-state index in [1.807, 2.05) is 6.07 Å². The highest BCUT2D eigenvalue weighted by molar-refractivity contribution is 5.91. The van der Waals surface area contributed by atoms with Crippen molar-refractivity contribution >= 4 is 17.3 Å². The molecule has 0 amide bonds. The van der Waals surface area contributed by atoms with Crippen molar-refractivity contribution in [2.75, 3.05) is 37.8 Å². The largest absolute Gasteiger partial charge is 0.465 e. The number of carbonyl (C=O) groups is 1. The zero-order valence-corrected chi connectivity index (χ0v) is 12.9. The van der Waals surface area contributed by atoms with Gasteiger partial charge in [-0.05, 0) is 44.0 Å². The minimum absolute atomic E-state index is 0.360. The normalized spacial score (nSPS) is 16.7. The lowest BCUT2D eigenvalue weighted by molar-refractivity contribution is 0.0601. The standard InChI is InChI=1S/C16H25N3O2/c1-3-8-19-9-6-13(7-10-19)18-15-5-4-12(11-14(15)17)16(20)21-2/h4-5,11,13,18H,3,6-10,17H2,1-2H3. The number of nitrogen functional groups attached to an aromatic ring is 1. The summed E-state index contributed by atoms with van der Waals surface area (Å²) in [5.74, 6) is -0.360. The van der Waals surface area contributed by atoms with Crippen molar-refractivity contribution < 1.29 is 9.53 Å². The van der Waals surface area contributed by atoms with Crippen LogP contribution in [0.25, 0.3) is 0 Å². The molecule has 0 unspecified atom stereocenters. The number of anilines is 2. The maximum Gasteiger partial charge on any atom is 0.337 e. The van der Waals surface area contributed by atoms with Gasteiger partial charge in [0.15, 0.2) is 0 Å². The van der Waals surface area contributed by atoms with E-state index in [-0.39, 0.29) is 5.97 Å². The Labute approximate surface area is 126 Å². The van der Waals surface area contributed by atoms with Crippen LogP contribution in [0.2, 0.25) is 0 Å². The Morgan fingerprint density at radius 3 is 2.71 bits per heavy atom. The molecule has 21 heavy (non-hydrogen) atoms. The third kappa shape index (κ3) is 4.11. The summed E-state index contributed by atoms with van der Waals surface area (Å²) in [5, 5.41) is 3.49. The van der Waals surface area contributed by atoms with E-state index in [2.05, 4.69) is 17.1 Å². The zero-order chi connectivity index (χ0) is 15.2. The summed E-state index contributed by atoms with van der Waals surface area (Å²) in [6, 6.07) is 5.72. The summed E-state index contributed by atoms with van der Waals surface area (Å²) in [5.41, 5.74) is 8.00. The van der Waals surface area contributed by atoms with Crippen LogP contribution in [0.1, 0.15) is 36.5 Å². The Morgan fingerprint density at radius 1 is 1.43 bits per heavy atom. The van der Waals surface area contributed by atoms with Gasteiger partial charge in [0, 0.05) is 19.1 Å². The first kappa shape index (κ1) is 15.6. The van der Waals surface area contributed by atoms with E-state index in [9.17, 15) is 4.79 Å². The molecule has 2 rings (SSSR count). The highest BCUT2D eigenvalue weighted by atomic mass is 16.5. The quantitative estimate of drug-likeness (QED) is 0.644.